The Morgan fingerprint density at radius 1 is 0.360 bits per heavy atom. The summed E-state index contributed by atoms with van der Waals surface area (Å²) >= 11 is 0. The van der Waals surface area contributed by atoms with E-state index in [-0.39, 0.29) is 17.1 Å². The molecule has 0 bridgehead atoms. The maximum atomic E-state index is 4.19. The molecule has 0 saturated heterocycles. The smallest absolute Gasteiger partial charge is 0.255 e. The van der Waals surface area contributed by atoms with Crippen molar-refractivity contribution in [3.63, 3.8) is 0 Å². The largest absolute Gasteiger partial charge is 2.00 e. The van der Waals surface area contributed by atoms with E-state index in [9.17, 15) is 0 Å². The predicted octanol–water partition coefficient (Wildman–Crippen LogP) is 4.28. The third kappa shape index (κ3) is 5.60. The molecule has 125 valence electrons. The Labute approximate surface area is 157 Å². The summed E-state index contributed by atoms with van der Waals surface area (Å²) in [5.41, 5.74) is 3.66. The van der Waals surface area contributed by atoms with E-state index < -0.39 is 0 Å². The number of hydrogen-bond acceptors (Lipinski definition) is 4. The van der Waals surface area contributed by atoms with Crippen molar-refractivity contribution in [2.75, 3.05) is 0 Å². The second-order valence-electron chi connectivity index (χ2n) is 4.86. The summed E-state index contributed by atoms with van der Waals surface area (Å²) in [5, 5.41) is 0. The molecule has 4 aromatic heterocycles. The minimum atomic E-state index is 0. The van der Waals surface area contributed by atoms with Crippen LogP contribution in [0.25, 0.3) is 22.8 Å². The fourth-order valence-electron chi connectivity index (χ4n) is 2.06. The van der Waals surface area contributed by atoms with Gasteiger partial charge in [-0.15, -0.1) is 0 Å². The zero-order valence-corrected chi connectivity index (χ0v) is 14.3. The number of rotatable bonds is 2. The molecule has 25 heavy (non-hydrogen) atoms. The molecule has 0 fully saturated rings. The summed E-state index contributed by atoms with van der Waals surface area (Å²) in [6.45, 7) is 0. The Morgan fingerprint density at radius 3 is 0.760 bits per heavy atom. The van der Waals surface area contributed by atoms with Gasteiger partial charge in [0.25, 0.3) is 0 Å². The van der Waals surface area contributed by atoms with Gasteiger partial charge in [0.2, 0.25) is 0 Å². The Hall–Kier alpha value is -2.88. The van der Waals surface area contributed by atoms with Crippen LogP contribution in [0.2, 0.25) is 0 Å². The Morgan fingerprint density at radius 2 is 0.600 bits per heavy atom. The predicted molar refractivity (Wildman–Crippen MR) is 94.9 cm³/mol. The monoisotopic (exact) mass is 375 g/mol. The average Bonchev–Trinajstić information content (AvgIpc) is 2.71. The molecule has 0 aliphatic heterocycles. The minimum Gasteiger partial charge on any atom is -0.255 e. The van der Waals surface area contributed by atoms with E-state index >= 15 is 0 Å². The second-order valence-corrected chi connectivity index (χ2v) is 4.86. The second kappa shape index (κ2) is 10.1. The molecule has 0 unspecified atom stereocenters. The van der Waals surface area contributed by atoms with Gasteiger partial charge in [-0.1, -0.05) is 24.3 Å². The van der Waals surface area contributed by atoms with Gasteiger partial charge in [0.15, 0.2) is 0 Å². The van der Waals surface area contributed by atoms with Gasteiger partial charge in [0.05, 0.1) is 22.8 Å². The van der Waals surface area contributed by atoms with E-state index in [1.165, 1.54) is 0 Å². The van der Waals surface area contributed by atoms with Crippen molar-refractivity contribution < 1.29 is 17.1 Å². The Kier molecular flexibility index (Phi) is 7.44. The molecule has 1 radical (unpaired) electrons. The van der Waals surface area contributed by atoms with Crippen LogP contribution >= 0.6 is 0 Å². The third-order valence-corrected chi connectivity index (χ3v) is 3.18. The average molecular weight is 376 g/mol. The van der Waals surface area contributed by atoms with Crippen LogP contribution in [0.15, 0.2) is 97.6 Å². The molecule has 0 N–H and O–H groups in total. The van der Waals surface area contributed by atoms with Crippen LogP contribution < -0.4 is 0 Å². The minimum absolute atomic E-state index is 0. The fourth-order valence-corrected chi connectivity index (χ4v) is 2.06. The summed E-state index contributed by atoms with van der Waals surface area (Å²) < 4.78 is 0. The molecule has 0 aliphatic rings. The first-order chi connectivity index (χ1) is 11.9. The summed E-state index contributed by atoms with van der Waals surface area (Å²) in [5.74, 6) is 0. The van der Waals surface area contributed by atoms with Gasteiger partial charge in [-0.2, -0.15) is 0 Å². The van der Waals surface area contributed by atoms with E-state index in [4.69, 9.17) is 0 Å². The van der Waals surface area contributed by atoms with Crippen LogP contribution in [0, 0.1) is 0 Å². The van der Waals surface area contributed by atoms with E-state index in [0.29, 0.717) is 0 Å². The van der Waals surface area contributed by atoms with Crippen molar-refractivity contribution in [2.24, 2.45) is 0 Å². The zero-order valence-electron chi connectivity index (χ0n) is 13.3. The number of pyridine rings is 4. The van der Waals surface area contributed by atoms with Crippen LogP contribution in [0.4, 0.5) is 0 Å². The fraction of sp³-hybridized carbons (Fsp3) is 0. The summed E-state index contributed by atoms with van der Waals surface area (Å²) in [4.78, 5) is 16.7. The molecule has 0 amide bonds. The van der Waals surface area contributed by atoms with Gasteiger partial charge >= 0.3 is 17.1 Å². The van der Waals surface area contributed by atoms with Crippen molar-refractivity contribution in [1.82, 2.24) is 19.9 Å². The number of hydrogen-bond donors (Lipinski definition) is 0. The van der Waals surface area contributed by atoms with Crippen LogP contribution in [-0.2, 0) is 17.1 Å². The SMILES string of the molecule is [Cu+2].c1ccc(-c2ccccn2)nc1.c1ccc(-c2ccccn2)nc1. The number of aromatic nitrogens is 4. The van der Waals surface area contributed by atoms with Crippen molar-refractivity contribution in [2.45, 2.75) is 0 Å². The molecular formula is C20H16CuN4+2. The van der Waals surface area contributed by atoms with Gasteiger partial charge in [-0.05, 0) is 48.5 Å². The summed E-state index contributed by atoms with van der Waals surface area (Å²) in [6, 6.07) is 23.2. The first-order valence-corrected chi connectivity index (χ1v) is 7.58. The molecule has 0 spiro atoms. The molecule has 4 aromatic rings. The number of nitrogens with zero attached hydrogens (tertiary/aromatic N) is 4. The molecular weight excluding hydrogens is 360 g/mol. The first kappa shape index (κ1) is 18.5. The van der Waals surface area contributed by atoms with Gasteiger partial charge in [-0.3, -0.25) is 19.9 Å². The van der Waals surface area contributed by atoms with Gasteiger partial charge in [-0.25, -0.2) is 0 Å². The van der Waals surface area contributed by atoms with E-state index in [0.717, 1.165) is 22.8 Å². The third-order valence-electron chi connectivity index (χ3n) is 3.18. The molecule has 5 heteroatoms. The van der Waals surface area contributed by atoms with Gasteiger partial charge in [0, 0.05) is 24.8 Å². The van der Waals surface area contributed by atoms with Crippen LogP contribution in [0.5, 0.6) is 0 Å². The first-order valence-electron chi connectivity index (χ1n) is 7.58. The normalized spacial score (nSPS) is 9.28. The van der Waals surface area contributed by atoms with Gasteiger partial charge < -0.3 is 0 Å². The van der Waals surface area contributed by atoms with E-state index in [1.807, 2.05) is 72.8 Å². The molecule has 4 heterocycles. The van der Waals surface area contributed by atoms with E-state index in [1.54, 1.807) is 24.8 Å². The summed E-state index contributed by atoms with van der Waals surface area (Å²) in [7, 11) is 0. The van der Waals surface area contributed by atoms with Gasteiger partial charge in [0.1, 0.15) is 0 Å². The van der Waals surface area contributed by atoms with Crippen molar-refractivity contribution >= 4 is 0 Å². The quantitative estimate of drug-likeness (QED) is 0.490. The van der Waals surface area contributed by atoms with Crippen molar-refractivity contribution in [1.29, 1.82) is 0 Å². The van der Waals surface area contributed by atoms with E-state index in [2.05, 4.69) is 19.9 Å². The topological polar surface area (TPSA) is 51.6 Å². The van der Waals surface area contributed by atoms with Crippen LogP contribution in [0.3, 0.4) is 0 Å². The summed E-state index contributed by atoms with van der Waals surface area (Å²) in [6.07, 6.45) is 7.07. The molecule has 4 nitrogen and oxygen atoms in total. The van der Waals surface area contributed by atoms with Crippen molar-refractivity contribution in [3.05, 3.63) is 97.6 Å². The van der Waals surface area contributed by atoms with Crippen molar-refractivity contribution in [3.8, 4) is 22.8 Å². The molecule has 0 aliphatic carbocycles. The Bertz CT molecular complexity index is 692. The Balaban J connectivity index is 0.000000173. The van der Waals surface area contributed by atoms with Crippen LogP contribution in [-0.4, -0.2) is 19.9 Å². The zero-order chi connectivity index (χ0) is 16.5. The maximum absolute atomic E-state index is 4.19. The molecule has 0 saturated carbocycles. The standard InChI is InChI=1S/2C10H8N2.Cu/c2*1-3-7-11-9(5-1)10-6-2-4-8-12-10;/h2*1-8H;/q;;+2. The molecule has 0 atom stereocenters. The maximum Gasteiger partial charge on any atom is 2.00 e. The van der Waals surface area contributed by atoms with Crippen LogP contribution in [0.1, 0.15) is 0 Å². The molecule has 4 rings (SSSR count). The molecule has 0 aromatic carbocycles.